The third-order valence-corrected chi connectivity index (χ3v) is 1.13. The maximum absolute atomic E-state index is 3.93. The van der Waals surface area contributed by atoms with E-state index in [0.29, 0.717) is 6.04 Å². The van der Waals surface area contributed by atoms with Crippen molar-refractivity contribution in [2.75, 3.05) is 0 Å². The van der Waals surface area contributed by atoms with E-state index in [-0.39, 0.29) is 0 Å². The van der Waals surface area contributed by atoms with Crippen molar-refractivity contribution in [3.63, 3.8) is 0 Å². The van der Waals surface area contributed by atoms with Crippen LogP contribution in [0.3, 0.4) is 0 Å². The predicted octanol–water partition coefficient (Wildman–Crippen LogP) is 0.234. The second-order valence-electron chi connectivity index (χ2n) is 2.45. The lowest BCUT2D eigenvalue weighted by molar-refractivity contribution is 0.466. The van der Waals surface area contributed by atoms with Gasteiger partial charge in [0.15, 0.2) is 0 Å². The molecule has 0 saturated carbocycles. The second kappa shape index (κ2) is 3.31. The van der Waals surface area contributed by atoms with Gasteiger partial charge in [0.05, 0.1) is 6.67 Å². The molecule has 0 aromatic carbocycles. The van der Waals surface area contributed by atoms with Crippen LogP contribution in [0.2, 0.25) is 0 Å². The lowest BCUT2D eigenvalue weighted by Crippen LogP contribution is -2.25. The average molecular weight is 140 g/mol. The zero-order chi connectivity index (χ0) is 7.40. The van der Waals surface area contributed by atoms with Crippen LogP contribution in [0, 0.1) is 0 Å². The standard InChI is InChI=1S/C6H12N4/c1-6(2)8-5-10-4-7-3-9-10/h3-4,6,8H,5H2,1-2H3. The topological polar surface area (TPSA) is 42.7 Å². The van der Waals surface area contributed by atoms with E-state index in [9.17, 15) is 0 Å². The Balaban J connectivity index is 2.28. The van der Waals surface area contributed by atoms with Gasteiger partial charge in [-0.05, 0) is 13.8 Å². The molecule has 0 amide bonds. The van der Waals surface area contributed by atoms with Gasteiger partial charge in [-0.3, -0.25) is 5.32 Å². The van der Waals surface area contributed by atoms with Crippen molar-refractivity contribution in [3.8, 4) is 0 Å². The van der Waals surface area contributed by atoms with Gasteiger partial charge in [0.2, 0.25) is 0 Å². The summed E-state index contributed by atoms with van der Waals surface area (Å²) in [5, 5.41) is 7.14. The molecule has 0 fully saturated rings. The average Bonchev–Trinajstić information content (AvgIpc) is 2.34. The molecule has 0 atom stereocenters. The van der Waals surface area contributed by atoms with Gasteiger partial charge in [-0.15, -0.1) is 0 Å². The molecule has 0 radical (unpaired) electrons. The number of rotatable bonds is 3. The Morgan fingerprint density at radius 2 is 2.40 bits per heavy atom. The van der Waals surface area contributed by atoms with E-state index < -0.39 is 0 Å². The molecule has 1 aromatic heterocycles. The summed E-state index contributed by atoms with van der Waals surface area (Å²) in [6, 6.07) is 0.490. The van der Waals surface area contributed by atoms with E-state index in [4.69, 9.17) is 0 Å². The van der Waals surface area contributed by atoms with Crippen molar-refractivity contribution in [1.82, 2.24) is 20.1 Å². The number of hydrogen-bond donors (Lipinski definition) is 1. The van der Waals surface area contributed by atoms with Crippen molar-refractivity contribution >= 4 is 0 Å². The Morgan fingerprint density at radius 1 is 1.60 bits per heavy atom. The number of nitrogens with zero attached hydrogens (tertiary/aromatic N) is 3. The van der Waals surface area contributed by atoms with E-state index in [1.165, 1.54) is 6.33 Å². The fourth-order valence-electron chi connectivity index (χ4n) is 0.590. The Hall–Kier alpha value is -0.900. The summed E-state index contributed by atoms with van der Waals surface area (Å²) in [7, 11) is 0. The minimum Gasteiger partial charge on any atom is -0.296 e. The Morgan fingerprint density at radius 3 is 2.90 bits per heavy atom. The third kappa shape index (κ3) is 2.14. The van der Waals surface area contributed by atoms with E-state index in [1.54, 1.807) is 11.0 Å². The van der Waals surface area contributed by atoms with Crippen molar-refractivity contribution < 1.29 is 0 Å². The highest BCUT2D eigenvalue weighted by Gasteiger charge is 1.91. The predicted molar refractivity (Wildman–Crippen MR) is 38.3 cm³/mol. The molecule has 4 heteroatoms. The van der Waals surface area contributed by atoms with Gasteiger partial charge in [0.1, 0.15) is 12.7 Å². The first kappa shape index (κ1) is 7.21. The van der Waals surface area contributed by atoms with Crippen LogP contribution in [-0.2, 0) is 6.67 Å². The summed E-state index contributed by atoms with van der Waals surface area (Å²) < 4.78 is 1.75. The second-order valence-corrected chi connectivity index (χ2v) is 2.45. The first-order valence-corrected chi connectivity index (χ1v) is 3.35. The molecule has 0 spiro atoms. The molecule has 0 aliphatic rings. The third-order valence-electron chi connectivity index (χ3n) is 1.13. The molecule has 0 aliphatic heterocycles. The molecule has 0 aliphatic carbocycles. The highest BCUT2D eigenvalue weighted by molar-refractivity contribution is 4.56. The highest BCUT2D eigenvalue weighted by atomic mass is 15.4. The smallest absolute Gasteiger partial charge is 0.137 e. The van der Waals surface area contributed by atoms with Gasteiger partial charge >= 0.3 is 0 Å². The largest absolute Gasteiger partial charge is 0.296 e. The van der Waals surface area contributed by atoms with Crippen LogP contribution in [0.15, 0.2) is 12.7 Å². The molecule has 1 N–H and O–H groups in total. The molecule has 1 aromatic rings. The van der Waals surface area contributed by atoms with Gasteiger partial charge in [-0.25, -0.2) is 9.67 Å². The van der Waals surface area contributed by atoms with Gasteiger partial charge < -0.3 is 0 Å². The number of aromatic nitrogens is 3. The normalized spacial score (nSPS) is 10.7. The summed E-state index contributed by atoms with van der Waals surface area (Å²) in [5.74, 6) is 0. The molecule has 1 heterocycles. The fraction of sp³-hybridized carbons (Fsp3) is 0.667. The SMILES string of the molecule is CC(C)NCn1cncn1. The van der Waals surface area contributed by atoms with Gasteiger partial charge in [-0.1, -0.05) is 0 Å². The lowest BCUT2D eigenvalue weighted by atomic mass is 10.4. The van der Waals surface area contributed by atoms with Crippen molar-refractivity contribution in [1.29, 1.82) is 0 Å². The molecule has 4 nitrogen and oxygen atoms in total. The number of hydrogen-bond acceptors (Lipinski definition) is 3. The molecule has 10 heavy (non-hydrogen) atoms. The van der Waals surface area contributed by atoms with E-state index in [1.807, 2.05) is 0 Å². The van der Waals surface area contributed by atoms with Crippen LogP contribution in [0.1, 0.15) is 13.8 Å². The van der Waals surface area contributed by atoms with Gasteiger partial charge in [-0.2, -0.15) is 5.10 Å². The molecule has 56 valence electrons. The molecule has 0 unspecified atom stereocenters. The molecular formula is C6H12N4. The first-order chi connectivity index (χ1) is 4.79. The quantitative estimate of drug-likeness (QED) is 0.653. The van der Waals surface area contributed by atoms with E-state index >= 15 is 0 Å². The maximum atomic E-state index is 3.93. The van der Waals surface area contributed by atoms with Crippen LogP contribution in [0.4, 0.5) is 0 Å². The highest BCUT2D eigenvalue weighted by Crippen LogP contribution is 1.79. The summed E-state index contributed by atoms with van der Waals surface area (Å²) in [5.41, 5.74) is 0. The monoisotopic (exact) mass is 140 g/mol. The van der Waals surface area contributed by atoms with Crippen LogP contribution in [-0.4, -0.2) is 20.8 Å². The molecule has 1 rings (SSSR count). The van der Waals surface area contributed by atoms with Crippen molar-refractivity contribution in [3.05, 3.63) is 12.7 Å². The van der Waals surface area contributed by atoms with Crippen molar-refractivity contribution in [2.45, 2.75) is 26.6 Å². The van der Waals surface area contributed by atoms with Gasteiger partial charge in [0, 0.05) is 6.04 Å². The zero-order valence-corrected chi connectivity index (χ0v) is 6.28. The molecule has 0 saturated heterocycles. The Kier molecular flexibility index (Phi) is 2.39. The lowest BCUT2D eigenvalue weighted by Gasteiger charge is -2.06. The van der Waals surface area contributed by atoms with Crippen LogP contribution < -0.4 is 5.32 Å². The van der Waals surface area contributed by atoms with Crippen LogP contribution >= 0.6 is 0 Å². The Labute approximate surface area is 60.3 Å². The van der Waals surface area contributed by atoms with Crippen molar-refractivity contribution in [2.24, 2.45) is 0 Å². The van der Waals surface area contributed by atoms with Crippen LogP contribution in [0.25, 0.3) is 0 Å². The maximum Gasteiger partial charge on any atom is 0.137 e. The van der Waals surface area contributed by atoms with E-state index in [2.05, 4.69) is 29.2 Å². The van der Waals surface area contributed by atoms with Crippen LogP contribution in [0.5, 0.6) is 0 Å². The first-order valence-electron chi connectivity index (χ1n) is 3.35. The molecular weight excluding hydrogens is 128 g/mol. The summed E-state index contributed by atoms with van der Waals surface area (Å²) in [6.07, 6.45) is 3.22. The van der Waals surface area contributed by atoms with E-state index in [0.717, 1.165) is 6.67 Å². The fourth-order valence-corrected chi connectivity index (χ4v) is 0.590. The minimum atomic E-state index is 0.490. The summed E-state index contributed by atoms with van der Waals surface area (Å²) in [6.45, 7) is 4.92. The minimum absolute atomic E-state index is 0.490. The van der Waals surface area contributed by atoms with Gasteiger partial charge in [0.25, 0.3) is 0 Å². The Bertz CT molecular complexity index is 168. The summed E-state index contributed by atoms with van der Waals surface area (Å²) >= 11 is 0. The summed E-state index contributed by atoms with van der Waals surface area (Å²) in [4.78, 5) is 3.81. The number of nitrogens with one attached hydrogen (secondary N) is 1. The molecule has 0 bridgehead atoms. The zero-order valence-electron chi connectivity index (χ0n) is 6.28.